The van der Waals surface area contributed by atoms with Crippen LogP contribution in [0, 0.1) is 0 Å². The first-order valence-electron chi connectivity index (χ1n) is 6.41. The summed E-state index contributed by atoms with van der Waals surface area (Å²) in [5.74, 6) is -1.16. The van der Waals surface area contributed by atoms with E-state index in [-0.39, 0.29) is 15.1 Å². The van der Waals surface area contributed by atoms with Gasteiger partial charge in [-0.1, -0.05) is 43.2 Å². The van der Waals surface area contributed by atoms with Crippen molar-refractivity contribution in [3.63, 3.8) is 0 Å². The molecule has 0 amide bonds. The fourth-order valence-corrected chi connectivity index (χ4v) is 3.34. The second kappa shape index (κ2) is 5.86. The molecule has 0 saturated carbocycles. The lowest BCUT2D eigenvalue weighted by atomic mass is 10.1. The van der Waals surface area contributed by atoms with Crippen molar-refractivity contribution >= 4 is 38.0 Å². The molecule has 1 aromatic heterocycles. The summed E-state index contributed by atoms with van der Waals surface area (Å²) in [6, 6.07) is 3.77. The Labute approximate surface area is 151 Å². The van der Waals surface area contributed by atoms with E-state index < -0.39 is 34.5 Å². The number of nitrogens with zero attached hydrogens (tertiary/aromatic N) is 1. The minimum atomic E-state index is -10.1. The third-order valence-corrected chi connectivity index (χ3v) is 4.25. The molecule has 0 saturated heterocycles. The standard InChI is InChI=1S/C13H10BrClF5NO3S/c14-11-5-9(15)6-21(13(11)23)12(7-22)8-2-1-3-10(4-8)24-25(16,17,18,19)20/h1-6,12,22H,7H2. The zero-order valence-electron chi connectivity index (χ0n) is 12.0. The van der Waals surface area contributed by atoms with Crippen LogP contribution in [0.5, 0.6) is 5.75 Å². The van der Waals surface area contributed by atoms with Gasteiger partial charge in [-0.25, -0.2) is 0 Å². The van der Waals surface area contributed by atoms with Gasteiger partial charge in [0.1, 0.15) is 5.75 Å². The summed E-state index contributed by atoms with van der Waals surface area (Å²) >= 11 is 8.79. The first-order valence-corrected chi connectivity index (χ1v) is 9.46. The highest BCUT2D eigenvalue weighted by molar-refractivity contribution is 9.10. The van der Waals surface area contributed by atoms with Gasteiger partial charge in [0, 0.05) is 6.20 Å². The largest absolute Gasteiger partial charge is 0.435 e. The van der Waals surface area contributed by atoms with Gasteiger partial charge >= 0.3 is 10.5 Å². The highest BCUT2D eigenvalue weighted by Crippen LogP contribution is 2.97. The molecule has 2 aromatic rings. The Balaban J connectivity index is 2.51. The number of aliphatic hydroxyl groups excluding tert-OH is 1. The molecule has 0 bridgehead atoms. The van der Waals surface area contributed by atoms with Crippen LogP contribution < -0.4 is 9.74 Å². The van der Waals surface area contributed by atoms with E-state index in [0.29, 0.717) is 12.1 Å². The van der Waals surface area contributed by atoms with Gasteiger partial charge < -0.3 is 13.9 Å². The molecular formula is C13H10BrClF5NO3S. The molecule has 1 atom stereocenters. The van der Waals surface area contributed by atoms with Crippen molar-refractivity contribution in [2.24, 2.45) is 0 Å². The van der Waals surface area contributed by atoms with Crippen LogP contribution in [0.25, 0.3) is 0 Å². The molecule has 0 spiro atoms. The summed E-state index contributed by atoms with van der Waals surface area (Å²) in [5.41, 5.74) is -0.680. The predicted molar refractivity (Wildman–Crippen MR) is 88.8 cm³/mol. The van der Waals surface area contributed by atoms with Gasteiger partial charge in [-0.15, -0.1) is 0 Å². The van der Waals surface area contributed by atoms with Crippen molar-refractivity contribution in [1.29, 1.82) is 0 Å². The number of pyridine rings is 1. The third kappa shape index (κ3) is 5.59. The maximum Gasteiger partial charge on any atom is 0.435 e. The maximum atomic E-state index is 12.5. The monoisotopic (exact) mass is 469 g/mol. The van der Waals surface area contributed by atoms with E-state index in [1.165, 1.54) is 12.1 Å². The van der Waals surface area contributed by atoms with Crippen LogP contribution in [0.4, 0.5) is 19.4 Å². The maximum absolute atomic E-state index is 12.5. The van der Waals surface area contributed by atoms with Crippen molar-refractivity contribution in [2.75, 3.05) is 6.61 Å². The van der Waals surface area contributed by atoms with E-state index in [4.69, 9.17) is 11.6 Å². The smallest absolute Gasteiger partial charge is 0.394 e. The topological polar surface area (TPSA) is 51.5 Å². The minimum Gasteiger partial charge on any atom is -0.394 e. The van der Waals surface area contributed by atoms with Gasteiger partial charge in [0.05, 0.1) is 22.1 Å². The van der Waals surface area contributed by atoms with Gasteiger partial charge in [0.15, 0.2) is 0 Å². The number of hydrogen-bond donors (Lipinski definition) is 1. The van der Waals surface area contributed by atoms with Crippen LogP contribution in [-0.4, -0.2) is 16.3 Å². The highest BCUT2D eigenvalue weighted by atomic mass is 79.9. The van der Waals surface area contributed by atoms with Crippen LogP contribution in [0.15, 0.2) is 45.8 Å². The molecule has 0 fully saturated rings. The predicted octanol–water partition coefficient (Wildman–Crippen LogP) is 5.44. The zero-order chi connectivity index (χ0) is 19.1. The van der Waals surface area contributed by atoms with Crippen LogP contribution in [-0.2, 0) is 0 Å². The Kier molecular flexibility index (Phi) is 4.69. The van der Waals surface area contributed by atoms with Crippen molar-refractivity contribution in [3.05, 3.63) is 61.9 Å². The number of aromatic nitrogens is 1. The first kappa shape index (κ1) is 20.0. The molecule has 4 nitrogen and oxygen atoms in total. The highest BCUT2D eigenvalue weighted by Gasteiger charge is 2.67. The fraction of sp³-hybridized carbons (Fsp3) is 0.154. The minimum absolute atomic E-state index is 0.0536. The Hall–Kier alpha value is -1.30. The van der Waals surface area contributed by atoms with E-state index >= 15 is 0 Å². The van der Waals surface area contributed by atoms with E-state index in [1.54, 1.807) is 0 Å². The molecular weight excluding hydrogens is 461 g/mol. The summed E-state index contributed by atoms with van der Waals surface area (Å²) in [6.07, 6.45) is 1.16. The van der Waals surface area contributed by atoms with Crippen LogP contribution in [0.2, 0.25) is 5.02 Å². The SMILES string of the molecule is O=c1c(Br)cc(Cl)cn1C(CO)c1cccc(OS(F)(F)(F)(F)F)c1. The van der Waals surface area contributed by atoms with Crippen LogP contribution in [0.3, 0.4) is 0 Å². The molecule has 0 aliphatic rings. The van der Waals surface area contributed by atoms with E-state index in [2.05, 4.69) is 20.1 Å². The summed E-state index contributed by atoms with van der Waals surface area (Å²) in [6.45, 7) is -0.702. The van der Waals surface area contributed by atoms with Crippen molar-refractivity contribution in [1.82, 2.24) is 4.57 Å². The molecule has 1 N–H and O–H groups in total. The number of aliphatic hydroxyl groups is 1. The first-order chi connectivity index (χ1) is 11.2. The molecule has 1 aromatic carbocycles. The van der Waals surface area contributed by atoms with Crippen molar-refractivity contribution < 1.29 is 28.7 Å². The molecule has 25 heavy (non-hydrogen) atoms. The van der Waals surface area contributed by atoms with E-state index in [9.17, 15) is 29.3 Å². The lowest BCUT2D eigenvalue weighted by molar-refractivity contribution is 0.241. The molecule has 1 unspecified atom stereocenters. The lowest BCUT2D eigenvalue weighted by Gasteiger charge is -2.39. The van der Waals surface area contributed by atoms with Gasteiger partial charge in [-0.2, -0.15) is 0 Å². The number of halogens is 7. The average Bonchev–Trinajstić information content (AvgIpc) is 2.41. The number of hydrogen-bond acceptors (Lipinski definition) is 3. The molecule has 0 aliphatic heterocycles. The Morgan fingerprint density at radius 1 is 1.24 bits per heavy atom. The summed E-state index contributed by atoms with van der Waals surface area (Å²) in [5, 5.41) is 9.66. The Bertz CT molecular complexity index is 875. The van der Waals surface area contributed by atoms with E-state index in [1.807, 2.05) is 0 Å². The average molecular weight is 471 g/mol. The molecule has 1 heterocycles. The van der Waals surface area contributed by atoms with Gasteiger partial charge in [0.25, 0.3) is 5.56 Å². The summed E-state index contributed by atoms with van der Waals surface area (Å²) in [7, 11) is -10.1. The second-order valence-electron chi connectivity index (χ2n) is 4.97. The molecule has 0 radical (unpaired) electrons. The molecule has 0 aliphatic carbocycles. The summed E-state index contributed by atoms with van der Waals surface area (Å²) in [4.78, 5) is 12.1. The molecule has 140 valence electrons. The van der Waals surface area contributed by atoms with Gasteiger partial charge in [-0.3, -0.25) is 4.79 Å². The lowest BCUT2D eigenvalue weighted by Crippen LogP contribution is -2.27. The van der Waals surface area contributed by atoms with Crippen molar-refractivity contribution in [3.8, 4) is 5.75 Å². The van der Waals surface area contributed by atoms with E-state index in [0.717, 1.165) is 16.8 Å². The Morgan fingerprint density at radius 2 is 1.88 bits per heavy atom. The fourth-order valence-electron chi connectivity index (χ4n) is 2.08. The van der Waals surface area contributed by atoms with Crippen LogP contribution >= 0.6 is 38.0 Å². The van der Waals surface area contributed by atoms with Crippen molar-refractivity contribution in [2.45, 2.75) is 6.04 Å². The van der Waals surface area contributed by atoms with Gasteiger partial charge in [0.2, 0.25) is 0 Å². The van der Waals surface area contributed by atoms with Gasteiger partial charge in [-0.05, 0) is 39.7 Å². The normalized spacial score (nSPS) is 16.0. The summed E-state index contributed by atoms with van der Waals surface area (Å²) < 4.78 is 66.3. The molecule has 2 rings (SSSR count). The second-order valence-corrected chi connectivity index (χ2v) is 8.22. The number of rotatable bonds is 5. The zero-order valence-corrected chi connectivity index (χ0v) is 15.2. The quantitative estimate of drug-likeness (QED) is 0.592. The number of benzene rings is 1. The Morgan fingerprint density at radius 3 is 2.44 bits per heavy atom. The van der Waals surface area contributed by atoms with Crippen LogP contribution in [0.1, 0.15) is 11.6 Å². The third-order valence-electron chi connectivity index (χ3n) is 2.97. The molecule has 12 heteroatoms.